The van der Waals surface area contributed by atoms with Gasteiger partial charge in [0.2, 0.25) is 0 Å². The number of amides is 1. The standard InChI is InChI=1S/C52H58F3NO5/c1-46-15-12-39(57)28-49(46)18-19-51(41(29-49)44(58)37-8-5-9-38(23-37)52(53,54)55)42(46)13-16-47(2)43(51)14-17-50(47,60)31-56(30-48-25-32-20-33(26-48)22-34(21-32)27-48)45(59)61-40-11-10-35-6-3-4-7-36(35)24-40/h3-11,18-19,23-24,29,32-34,39,42-43,57,60H,12-17,20-22,25-28,30-31H2,1-2H3/t32?,33?,34?,39?,42-,43-,46-,47+,48?,49+,50-,51-/m1/s1. The fraction of sp³-hybridized carbons (Fsp3) is 0.577. The van der Waals surface area contributed by atoms with Crippen LogP contribution in [0.3, 0.4) is 0 Å². The summed E-state index contributed by atoms with van der Waals surface area (Å²) in [5.41, 5.74) is -4.20. The van der Waals surface area contributed by atoms with Crippen molar-refractivity contribution in [3.8, 4) is 5.75 Å². The predicted octanol–water partition coefficient (Wildman–Crippen LogP) is 11.3. The normalized spacial score (nSPS) is 41.5. The van der Waals surface area contributed by atoms with Gasteiger partial charge < -0.3 is 19.8 Å². The lowest BCUT2D eigenvalue weighted by molar-refractivity contribution is -0.176. The Kier molecular flexibility index (Phi) is 8.69. The smallest absolute Gasteiger partial charge is 0.410 e. The number of ketones is 1. The van der Waals surface area contributed by atoms with Crippen molar-refractivity contribution >= 4 is 22.6 Å². The quantitative estimate of drug-likeness (QED) is 0.183. The first kappa shape index (κ1) is 39.9. The predicted molar refractivity (Wildman–Crippen MR) is 226 cm³/mol. The molecule has 10 aliphatic rings. The number of aliphatic hydroxyl groups excluding tert-OH is 1. The van der Waals surface area contributed by atoms with Gasteiger partial charge in [-0.1, -0.05) is 74.5 Å². The van der Waals surface area contributed by atoms with Gasteiger partial charge in [0.25, 0.3) is 0 Å². The second-order valence-corrected chi connectivity index (χ2v) is 21.9. The Bertz CT molecular complexity index is 2350. The van der Waals surface area contributed by atoms with Gasteiger partial charge in [-0.3, -0.25) is 4.79 Å². The summed E-state index contributed by atoms with van der Waals surface area (Å²) < 4.78 is 48.5. The van der Waals surface area contributed by atoms with Crippen LogP contribution in [0.4, 0.5) is 18.0 Å². The zero-order valence-corrected chi connectivity index (χ0v) is 35.4. The van der Waals surface area contributed by atoms with Crippen LogP contribution in [-0.2, 0) is 6.18 Å². The number of carbonyl (C=O) groups is 2. The molecule has 0 aromatic heterocycles. The number of benzene rings is 3. The summed E-state index contributed by atoms with van der Waals surface area (Å²) >= 11 is 0. The summed E-state index contributed by atoms with van der Waals surface area (Å²) in [6.45, 7) is 5.08. The third-order valence-corrected chi connectivity index (χ3v) is 18.7. The molecule has 1 amide bonds. The summed E-state index contributed by atoms with van der Waals surface area (Å²) in [6, 6.07) is 18.5. The monoisotopic (exact) mass is 833 g/mol. The molecule has 7 fully saturated rings. The van der Waals surface area contributed by atoms with E-state index in [1.54, 1.807) is 0 Å². The summed E-state index contributed by atoms with van der Waals surface area (Å²) in [7, 11) is 0. The number of nitrogens with zero attached hydrogens (tertiary/aromatic N) is 1. The van der Waals surface area contributed by atoms with E-state index in [2.05, 4.69) is 26.0 Å². The topological polar surface area (TPSA) is 87.1 Å². The fourth-order valence-corrected chi connectivity index (χ4v) is 16.4. The first-order chi connectivity index (χ1) is 29.0. The van der Waals surface area contributed by atoms with Crippen molar-refractivity contribution in [1.29, 1.82) is 0 Å². The highest BCUT2D eigenvalue weighted by Crippen LogP contribution is 2.78. The molecule has 0 aliphatic heterocycles. The van der Waals surface area contributed by atoms with E-state index in [1.807, 2.05) is 53.4 Å². The van der Waals surface area contributed by atoms with Gasteiger partial charge in [-0.15, -0.1) is 0 Å². The van der Waals surface area contributed by atoms with Gasteiger partial charge in [0.05, 0.1) is 23.8 Å². The lowest BCUT2D eigenvalue weighted by atomic mass is 9.32. The number of rotatable bonds is 7. The van der Waals surface area contributed by atoms with Crippen molar-refractivity contribution in [3.05, 3.63) is 102 Å². The zero-order valence-electron chi connectivity index (χ0n) is 35.4. The molecule has 0 radical (unpaired) electrons. The zero-order chi connectivity index (χ0) is 42.4. The maximum atomic E-state index is 15.0. The number of aliphatic hydroxyl groups is 2. The highest BCUT2D eigenvalue weighted by atomic mass is 19.4. The Morgan fingerprint density at radius 2 is 1.44 bits per heavy atom. The number of hydrogen-bond donors (Lipinski definition) is 2. The van der Waals surface area contributed by atoms with Gasteiger partial charge in [-0.2, -0.15) is 13.2 Å². The van der Waals surface area contributed by atoms with E-state index in [-0.39, 0.29) is 34.8 Å². The minimum atomic E-state index is -4.61. The van der Waals surface area contributed by atoms with E-state index in [9.17, 15) is 28.2 Å². The number of allylic oxidation sites excluding steroid dienone is 4. The van der Waals surface area contributed by atoms with Crippen molar-refractivity contribution in [3.63, 3.8) is 0 Å². The molecule has 322 valence electrons. The Balaban J connectivity index is 0.973. The van der Waals surface area contributed by atoms with Gasteiger partial charge in [0.1, 0.15) is 5.75 Å². The molecular formula is C52H58F3NO5. The molecule has 3 aromatic carbocycles. The number of ether oxygens (including phenoxy) is 1. The number of hydrogen-bond acceptors (Lipinski definition) is 5. The second kappa shape index (κ2) is 13.3. The summed E-state index contributed by atoms with van der Waals surface area (Å²) in [6.07, 6.45) is 12.2. The maximum absolute atomic E-state index is 15.0. The summed E-state index contributed by atoms with van der Waals surface area (Å²) in [4.78, 5) is 31.7. The molecule has 10 aliphatic carbocycles. The minimum Gasteiger partial charge on any atom is -0.410 e. The third kappa shape index (κ3) is 5.80. The maximum Gasteiger partial charge on any atom is 0.416 e. The molecular weight excluding hydrogens is 776 g/mol. The van der Waals surface area contributed by atoms with Crippen LogP contribution in [0.2, 0.25) is 0 Å². The van der Waals surface area contributed by atoms with Crippen molar-refractivity contribution in [2.45, 2.75) is 115 Å². The van der Waals surface area contributed by atoms with Crippen LogP contribution in [0.25, 0.3) is 10.8 Å². The number of halogens is 3. The molecule has 6 bridgehead atoms. The number of alkyl halides is 3. The van der Waals surface area contributed by atoms with Crippen LogP contribution in [0, 0.1) is 56.7 Å². The SMILES string of the molecule is C[C@]12CC[C@H]3[C@]4(C=C[C@@]5(C=C4C(=O)c4cccc(C(F)(F)F)c4)CC(O)CC[C@]35C)[C@@H]1CC[C@@]2(O)CN(CC12CC3CC(CC(C3)C1)C2)C(=O)Oc1ccc2ccccc2c1. The van der Waals surface area contributed by atoms with Crippen molar-refractivity contribution in [1.82, 2.24) is 4.90 Å². The molecule has 1 unspecified atom stereocenters. The van der Waals surface area contributed by atoms with Gasteiger partial charge in [-0.05, 0) is 159 Å². The van der Waals surface area contributed by atoms with E-state index in [0.29, 0.717) is 74.1 Å². The Morgan fingerprint density at radius 1 is 0.770 bits per heavy atom. The summed E-state index contributed by atoms with van der Waals surface area (Å²) in [5.74, 6) is 1.84. The van der Waals surface area contributed by atoms with E-state index in [1.165, 1.54) is 31.4 Å². The van der Waals surface area contributed by atoms with Gasteiger partial charge in [0, 0.05) is 33.9 Å². The molecule has 8 atom stereocenters. The third-order valence-electron chi connectivity index (χ3n) is 18.7. The lowest BCUT2D eigenvalue weighted by Crippen LogP contribution is -2.67. The number of Topliss-reactive ketones (excluding diaryl/α,β-unsaturated/α-hetero) is 1. The highest BCUT2D eigenvalue weighted by Gasteiger charge is 2.75. The van der Waals surface area contributed by atoms with Crippen LogP contribution in [-0.4, -0.2) is 51.8 Å². The van der Waals surface area contributed by atoms with Crippen LogP contribution < -0.4 is 4.74 Å². The Labute approximate surface area is 356 Å². The molecule has 3 aromatic rings. The second-order valence-electron chi connectivity index (χ2n) is 21.9. The Hall–Kier alpha value is -3.95. The molecule has 6 nitrogen and oxygen atoms in total. The first-order valence-corrected chi connectivity index (χ1v) is 23.0. The van der Waals surface area contributed by atoms with Crippen LogP contribution in [0.5, 0.6) is 5.75 Å². The first-order valence-electron chi connectivity index (χ1n) is 23.0. The molecule has 2 spiro atoms. The fourth-order valence-electron chi connectivity index (χ4n) is 16.4. The average Bonchev–Trinajstić information content (AvgIpc) is 3.49. The van der Waals surface area contributed by atoms with E-state index in [4.69, 9.17) is 4.74 Å². The molecule has 7 saturated carbocycles. The highest BCUT2D eigenvalue weighted by molar-refractivity contribution is 6.10. The molecule has 9 heteroatoms. The summed E-state index contributed by atoms with van der Waals surface area (Å²) in [5, 5.41) is 26.6. The van der Waals surface area contributed by atoms with Crippen molar-refractivity contribution in [2.24, 2.45) is 56.7 Å². The molecule has 61 heavy (non-hydrogen) atoms. The van der Waals surface area contributed by atoms with Crippen molar-refractivity contribution < 1.29 is 37.7 Å². The van der Waals surface area contributed by atoms with E-state index in [0.717, 1.165) is 48.6 Å². The lowest BCUT2D eigenvalue weighted by Gasteiger charge is -2.71. The molecule has 0 heterocycles. The van der Waals surface area contributed by atoms with E-state index >= 15 is 4.79 Å². The largest absolute Gasteiger partial charge is 0.416 e. The average molecular weight is 834 g/mol. The van der Waals surface area contributed by atoms with Crippen molar-refractivity contribution in [2.75, 3.05) is 13.1 Å². The molecule has 13 rings (SSSR count). The minimum absolute atomic E-state index is 0.00308. The van der Waals surface area contributed by atoms with Crippen LogP contribution >= 0.6 is 0 Å². The number of carbonyl (C=O) groups excluding carboxylic acids is 2. The molecule has 2 N–H and O–H groups in total. The Morgan fingerprint density at radius 3 is 2.16 bits per heavy atom. The van der Waals surface area contributed by atoms with Crippen LogP contribution in [0.1, 0.15) is 113 Å². The van der Waals surface area contributed by atoms with Gasteiger partial charge in [-0.25, -0.2) is 4.79 Å². The molecule has 0 saturated heterocycles. The van der Waals surface area contributed by atoms with Gasteiger partial charge >= 0.3 is 12.3 Å². The van der Waals surface area contributed by atoms with E-state index < -0.39 is 51.6 Å². The number of fused-ring (bicyclic) bond motifs is 2. The van der Waals surface area contributed by atoms with Crippen LogP contribution in [0.15, 0.2) is 90.5 Å². The van der Waals surface area contributed by atoms with Gasteiger partial charge in [0.15, 0.2) is 5.78 Å².